The summed E-state index contributed by atoms with van der Waals surface area (Å²) in [4.78, 5) is 21.9. The number of H-pyrrole nitrogens is 1. The van der Waals surface area contributed by atoms with E-state index in [9.17, 15) is 10.1 Å². The van der Waals surface area contributed by atoms with Crippen molar-refractivity contribution in [2.24, 2.45) is 0 Å². The highest BCUT2D eigenvalue weighted by atomic mass is 16.6. The number of aromatic nitrogens is 4. The zero-order chi connectivity index (χ0) is 16.5. The Labute approximate surface area is 137 Å². The fourth-order valence-corrected chi connectivity index (χ4v) is 3.40. The predicted molar refractivity (Wildman–Crippen MR) is 89.0 cm³/mol. The van der Waals surface area contributed by atoms with Gasteiger partial charge in [0.25, 0.3) is 0 Å². The van der Waals surface area contributed by atoms with Crippen LogP contribution < -0.4 is 4.90 Å². The summed E-state index contributed by atoms with van der Waals surface area (Å²) in [6, 6.07) is 7.13. The van der Waals surface area contributed by atoms with Crippen molar-refractivity contribution in [2.45, 2.75) is 18.8 Å². The Bertz CT molecular complexity index is 879. The van der Waals surface area contributed by atoms with E-state index in [0.29, 0.717) is 23.1 Å². The van der Waals surface area contributed by atoms with Gasteiger partial charge in [-0.1, -0.05) is 0 Å². The summed E-state index contributed by atoms with van der Waals surface area (Å²) in [5, 5.41) is 19.1. The number of nitro groups is 1. The minimum atomic E-state index is -0.308. The van der Waals surface area contributed by atoms with E-state index in [1.165, 1.54) is 6.33 Å². The van der Waals surface area contributed by atoms with E-state index in [4.69, 9.17) is 0 Å². The molecule has 8 heteroatoms. The molecule has 1 N–H and O–H groups in total. The molecule has 2 aromatic heterocycles. The minimum absolute atomic E-state index is 0.124. The van der Waals surface area contributed by atoms with Gasteiger partial charge in [0.05, 0.1) is 15.8 Å². The highest BCUT2D eigenvalue weighted by Crippen LogP contribution is 2.38. The summed E-state index contributed by atoms with van der Waals surface area (Å²) in [5.41, 5.74) is 1.40. The fraction of sp³-hybridized carbons (Fsp3) is 0.312. The molecule has 0 aliphatic carbocycles. The van der Waals surface area contributed by atoms with E-state index < -0.39 is 0 Å². The summed E-state index contributed by atoms with van der Waals surface area (Å²) in [5.74, 6) is 1.04. The summed E-state index contributed by atoms with van der Waals surface area (Å²) in [7, 11) is 0. The largest absolute Gasteiger partial charge is 0.365 e. The van der Waals surface area contributed by atoms with Crippen LogP contribution in [0.15, 0.2) is 36.8 Å². The van der Waals surface area contributed by atoms with Crippen molar-refractivity contribution in [3.05, 3.63) is 52.7 Å². The number of nitrogens with zero attached hydrogens (tertiary/aromatic N) is 5. The van der Waals surface area contributed by atoms with Gasteiger partial charge in [0.2, 0.25) is 0 Å². The Kier molecular flexibility index (Phi) is 3.56. The maximum atomic E-state index is 11.7. The van der Waals surface area contributed by atoms with E-state index in [1.54, 1.807) is 24.4 Å². The highest BCUT2D eigenvalue weighted by molar-refractivity contribution is 5.94. The Balaban J connectivity index is 1.75. The van der Waals surface area contributed by atoms with Crippen LogP contribution in [0.4, 0.5) is 11.4 Å². The second-order valence-corrected chi connectivity index (χ2v) is 5.92. The van der Waals surface area contributed by atoms with Crippen LogP contribution in [-0.2, 0) is 0 Å². The standard InChI is InChI=1S/C16H16N6O2/c23-22(24)15-12-4-1-7-17-13(12)5-6-14(15)21-8-2-3-11(9-21)16-18-10-19-20-16/h1,4-7,10-11H,2-3,8-9H2,(H,18,19,20). The number of fused-ring (bicyclic) bond motifs is 1. The number of nitro benzene ring substituents is 1. The molecule has 24 heavy (non-hydrogen) atoms. The molecule has 3 heterocycles. The molecule has 0 radical (unpaired) electrons. The van der Waals surface area contributed by atoms with Gasteiger partial charge < -0.3 is 4.90 Å². The average Bonchev–Trinajstić information content (AvgIpc) is 3.15. The maximum absolute atomic E-state index is 11.7. The van der Waals surface area contributed by atoms with Crippen LogP contribution in [0.2, 0.25) is 0 Å². The van der Waals surface area contributed by atoms with Gasteiger partial charge in [-0.05, 0) is 37.1 Å². The second kappa shape index (κ2) is 5.88. The Morgan fingerprint density at radius 2 is 2.21 bits per heavy atom. The number of piperidine rings is 1. The first-order valence-electron chi connectivity index (χ1n) is 7.86. The molecule has 0 bridgehead atoms. The lowest BCUT2D eigenvalue weighted by Crippen LogP contribution is -2.35. The first kappa shape index (κ1) is 14.6. The monoisotopic (exact) mass is 324 g/mol. The molecular weight excluding hydrogens is 308 g/mol. The normalized spacial score (nSPS) is 18.0. The summed E-state index contributed by atoms with van der Waals surface area (Å²) < 4.78 is 0. The SMILES string of the molecule is O=[N+]([O-])c1c(N2CCCC(c3ncn[nH]3)C2)ccc2ncccc12. The molecule has 0 spiro atoms. The lowest BCUT2D eigenvalue weighted by Gasteiger charge is -2.33. The predicted octanol–water partition coefficient (Wildman–Crippen LogP) is 2.65. The lowest BCUT2D eigenvalue weighted by atomic mass is 9.96. The Morgan fingerprint density at radius 1 is 1.29 bits per heavy atom. The molecule has 1 aromatic carbocycles. The Hall–Kier alpha value is -3.03. The molecule has 0 saturated carbocycles. The van der Waals surface area contributed by atoms with Crippen molar-refractivity contribution in [3.63, 3.8) is 0 Å². The van der Waals surface area contributed by atoms with Gasteiger partial charge in [-0.25, -0.2) is 4.98 Å². The van der Waals surface area contributed by atoms with E-state index in [0.717, 1.165) is 25.2 Å². The van der Waals surface area contributed by atoms with Crippen LogP contribution in [-0.4, -0.2) is 38.2 Å². The number of anilines is 1. The van der Waals surface area contributed by atoms with Crippen molar-refractivity contribution in [3.8, 4) is 0 Å². The Morgan fingerprint density at radius 3 is 3.00 bits per heavy atom. The molecule has 1 atom stereocenters. The van der Waals surface area contributed by atoms with Gasteiger partial charge in [-0.2, -0.15) is 5.10 Å². The highest BCUT2D eigenvalue weighted by Gasteiger charge is 2.29. The molecule has 1 aliphatic rings. The number of pyridine rings is 1. The average molecular weight is 324 g/mol. The van der Waals surface area contributed by atoms with Gasteiger partial charge in [0.15, 0.2) is 0 Å². The molecule has 122 valence electrons. The molecule has 8 nitrogen and oxygen atoms in total. The smallest absolute Gasteiger partial charge is 0.301 e. The van der Waals surface area contributed by atoms with Gasteiger partial charge in [0.1, 0.15) is 17.8 Å². The van der Waals surface area contributed by atoms with E-state index in [-0.39, 0.29) is 16.5 Å². The third-order valence-electron chi connectivity index (χ3n) is 4.50. The zero-order valence-electron chi connectivity index (χ0n) is 12.9. The molecule has 1 aliphatic heterocycles. The van der Waals surface area contributed by atoms with Crippen LogP contribution in [0.5, 0.6) is 0 Å². The number of hydrogen-bond donors (Lipinski definition) is 1. The van der Waals surface area contributed by atoms with Crippen molar-refractivity contribution < 1.29 is 4.92 Å². The molecule has 0 amide bonds. The second-order valence-electron chi connectivity index (χ2n) is 5.92. The topological polar surface area (TPSA) is 101 Å². The fourth-order valence-electron chi connectivity index (χ4n) is 3.40. The quantitative estimate of drug-likeness (QED) is 0.587. The molecule has 4 rings (SSSR count). The van der Waals surface area contributed by atoms with Crippen molar-refractivity contribution in [1.29, 1.82) is 0 Å². The molecule has 3 aromatic rings. The maximum Gasteiger partial charge on any atom is 0.301 e. The third-order valence-corrected chi connectivity index (χ3v) is 4.50. The van der Waals surface area contributed by atoms with Crippen LogP contribution in [0.3, 0.4) is 0 Å². The molecule has 1 saturated heterocycles. The molecule has 1 unspecified atom stereocenters. The number of benzene rings is 1. The number of aromatic amines is 1. The lowest BCUT2D eigenvalue weighted by molar-refractivity contribution is -0.382. The van der Waals surface area contributed by atoms with Gasteiger partial charge >= 0.3 is 5.69 Å². The van der Waals surface area contributed by atoms with Crippen LogP contribution >= 0.6 is 0 Å². The van der Waals surface area contributed by atoms with Gasteiger partial charge in [-0.15, -0.1) is 0 Å². The van der Waals surface area contributed by atoms with Crippen molar-refractivity contribution in [2.75, 3.05) is 18.0 Å². The van der Waals surface area contributed by atoms with E-state index in [2.05, 4.69) is 25.1 Å². The van der Waals surface area contributed by atoms with Gasteiger partial charge in [-0.3, -0.25) is 20.2 Å². The summed E-state index contributed by atoms with van der Waals surface area (Å²) in [6.07, 6.45) is 5.09. The molecule has 1 fully saturated rings. The number of hydrogen-bond acceptors (Lipinski definition) is 6. The minimum Gasteiger partial charge on any atom is -0.365 e. The first-order chi connectivity index (χ1) is 11.7. The van der Waals surface area contributed by atoms with Gasteiger partial charge in [0, 0.05) is 25.2 Å². The van der Waals surface area contributed by atoms with E-state index >= 15 is 0 Å². The molecular formula is C16H16N6O2. The van der Waals surface area contributed by atoms with E-state index in [1.807, 2.05) is 6.07 Å². The van der Waals surface area contributed by atoms with Crippen LogP contribution in [0, 0.1) is 10.1 Å². The number of rotatable bonds is 3. The first-order valence-corrected chi connectivity index (χ1v) is 7.86. The van der Waals surface area contributed by atoms with Crippen molar-refractivity contribution >= 4 is 22.3 Å². The third kappa shape index (κ3) is 2.45. The van der Waals surface area contributed by atoms with Crippen LogP contribution in [0.25, 0.3) is 10.9 Å². The van der Waals surface area contributed by atoms with Crippen molar-refractivity contribution in [1.82, 2.24) is 20.2 Å². The summed E-state index contributed by atoms with van der Waals surface area (Å²) >= 11 is 0. The summed E-state index contributed by atoms with van der Waals surface area (Å²) in [6.45, 7) is 1.47. The zero-order valence-corrected chi connectivity index (χ0v) is 12.9. The van der Waals surface area contributed by atoms with Crippen LogP contribution in [0.1, 0.15) is 24.6 Å². The number of nitrogens with one attached hydrogen (secondary N) is 1.